The van der Waals surface area contributed by atoms with Gasteiger partial charge in [-0.15, -0.1) is 0 Å². The highest BCUT2D eigenvalue weighted by atomic mass is 16.5. The van der Waals surface area contributed by atoms with Crippen LogP contribution in [0.15, 0.2) is 12.2 Å². The minimum atomic E-state index is -1.32. The molecule has 0 amide bonds. The standard InChI is InChI=1S/C13H24O6/c1-4-8(2)19-12(17)6-5-10(15)13(18)9(3)11(16)7-14/h5-6,8-11,13-16,18H,4,7H2,1-3H3/b6-5+. The van der Waals surface area contributed by atoms with E-state index < -0.39 is 36.8 Å². The molecular formula is C13H24O6. The van der Waals surface area contributed by atoms with Crippen LogP contribution in [-0.4, -0.2) is 57.4 Å². The molecule has 0 aliphatic heterocycles. The zero-order valence-corrected chi connectivity index (χ0v) is 11.6. The maximum absolute atomic E-state index is 11.3. The molecule has 19 heavy (non-hydrogen) atoms. The van der Waals surface area contributed by atoms with Gasteiger partial charge in [-0.3, -0.25) is 0 Å². The lowest BCUT2D eigenvalue weighted by Gasteiger charge is -2.25. The topological polar surface area (TPSA) is 107 Å². The van der Waals surface area contributed by atoms with Gasteiger partial charge in [0.1, 0.15) is 0 Å². The minimum Gasteiger partial charge on any atom is -0.460 e. The Morgan fingerprint density at radius 2 is 1.84 bits per heavy atom. The lowest BCUT2D eigenvalue weighted by atomic mass is 9.94. The van der Waals surface area contributed by atoms with Crippen molar-refractivity contribution in [2.24, 2.45) is 5.92 Å². The van der Waals surface area contributed by atoms with Gasteiger partial charge in [-0.25, -0.2) is 4.79 Å². The van der Waals surface area contributed by atoms with Gasteiger partial charge < -0.3 is 25.2 Å². The highest BCUT2D eigenvalue weighted by Crippen LogP contribution is 2.13. The smallest absolute Gasteiger partial charge is 0.330 e. The van der Waals surface area contributed by atoms with Crippen molar-refractivity contribution in [3.05, 3.63) is 12.2 Å². The summed E-state index contributed by atoms with van der Waals surface area (Å²) in [7, 11) is 0. The number of rotatable bonds is 8. The molecule has 0 aliphatic rings. The van der Waals surface area contributed by atoms with Crippen molar-refractivity contribution in [2.75, 3.05) is 6.61 Å². The highest BCUT2D eigenvalue weighted by molar-refractivity contribution is 5.82. The van der Waals surface area contributed by atoms with Crippen molar-refractivity contribution in [1.82, 2.24) is 0 Å². The molecular weight excluding hydrogens is 252 g/mol. The summed E-state index contributed by atoms with van der Waals surface area (Å²) in [5.74, 6) is -1.33. The number of hydrogen-bond donors (Lipinski definition) is 4. The second-order valence-corrected chi connectivity index (χ2v) is 4.61. The van der Waals surface area contributed by atoms with Gasteiger partial charge in [0.05, 0.1) is 31.0 Å². The molecule has 0 rings (SSSR count). The van der Waals surface area contributed by atoms with E-state index >= 15 is 0 Å². The Morgan fingerprint density at radius 1 is 1.26 bits per heavy atom. The van der Waals surface area contributed by atoms with Gasteiger partial charge >= 0.3 is 5.97 Å². The van der Waals surface area contributed by atoms with Crippen molar-refractivity contribution < 1.29 is 30.0 Å². The molecule has 0 aromatic rings. The van der Waals surface area contributed by atoms with Gasteiger partial charge in [-0.05, 0) is 19.4 Å². The normalized spacial score (nSPS) is 19.7. The molecule has 0 aromatic heterocycles. The van der Waals surface area contributed by atoms with Crippen LogP contribution in [0.1, 0.15) is 27.2 Å². The average molecular weight is 276 g/mol. The first-order valence-corrected chi connectivity index (χ1v) is 6.37. The van der Waals surface area contributed by atoms with Gasteiger partial charge in [0.15, 0.2) is 0 Å². The van der Waals surface area contributed by atoms with Crippen LogP contribution >= 0.6 is 0 Å². The zero-order chi connectivity index (χ0) is 15.0. The molecule has 5 unspecified atom stereocenters. The van der Waals surface area contributed by atoms with Crippen LogP contribution in [0.3, 0.4) is 0 Å². The van der Waals surface area contributed by atoms with Crippen LogP contribution < -0.4 is 0 Å². The Balaban J connectivity index is 4.35. The Labute approximate surface area is 113 Å². The van der Waals surface area contributed by atoms with Crippen LogP contribution in [0.5, 0.6) is 0 Å². The fraction of sp³-hybridized carbons (Fsp3) is 0.769. The van der Waals surface area contributed by atoms with Crippen LogP contribution in [0.4, 0.5) is 0 Å². The molecule has 0 bridgehead atoms. The molecule has 0 spiro atoms. The van der Waals surface area contributed by atoms with E-state index in [2.05, 4.69) is 0 Å². The summed E-state index contributed by atoms with van der Waals surface area (Å²) in [6, 6.07) is 0. The summed E-state index contributed by atoms with van der Waals surface area (Å²) in [6.07, 6.45) is -1.12. The van der Waals surface area contributed by atoms with Crippen molar-refractivity contribution in [3.63, 3.8) is 0 Å². The van der Waals surface area contributed by atoms with Gasteiger partial charge in [0.2, 0.25) is 0 Å². The largest absolute Gasteiger partial charge is 0.460 e. The number of aliphatic hydroxyl groups excluding tert-OH is 4. The maximum atomic E-state index is 11.3. The predicted molar refractivity (Wildman–Crippen MR) is 69.3 cm³/mol. The molecule has 0 heterocycles. The maximum Gasteiger partial charge on any atom is 0.330 e. The van der Waals surface area contributed by atoms with E-state index in [-0.39, 0.29) is 6.10 Å². The molecule has 5 atom stereocenters. The van der Waals surface area contributed by atoms with Crippen molar-refractivity contribution in [3.8, 4) is 0 Å². The molecule has 4 N–H and O–H groups in total. The lowest BCUT2D eigenvalue weighted by Crippen LogP contribution is -2.39. The van der Waals surface area contributed by atoms with E-state index in [4.69, 9.17) is 9.84 Å². The van der Waals surface area contributed by atoms with Crippen LogP contribution in [0.2, 0.25) is 0 Å². The van der Waals surface area contributed by atoms with E-state index in [1.165, 1.54) is 6.92 Å². The Bertz CT molecular complexity index is 291. The molecule has 0 aliphatic carbocycles. The van der Waals surface area contributed by atoms with E-state index in [0.29, 0.717) is 6.42 Å². The molecule has 112 valence electrons. The lowest BCUT2D eigenvalue weighted by molar-refractivity contribution is -0.142. The van der Waals surface area contributed by atoms with E-state index in [1.54, 1.807) is 6.92 Å². The number of ether oxygens (including phenoxy) is 1. The van der Waals surface area contributed by atoms with Gasteiger partial charge in [0, 0.05) is 12.0 Å². The number of carbonyl (C=O) groups is 1. The Morgan fingerprint density at radius 3 is 2.32 bits per heavy atom. The summed E-state index contributed by atoms with van der Waals surface area (Å²) < 4.78 is 4.95. The van der Waals surface area contributed by atoms with E-state index in [0.717, 1.165) is 12.2 Å². The second kappa shape index (κ2) is 9.03. The number of esters is 1. The fourth-order valence-corrected chi connectivity index (χ4v) is 1.32. The quantitative estimate of drug-likeness (QED) is 0.355. The summed E-state index contributed by atoms with van der Waals surface area (Å²) in [4.78, 5) is 11.3. The molecule has 0 aromatic carbocycles. The monoisotopic (exact) mass is 276 g/mol. The minimum absolute atomic E-state index is 0.214. The molecule has 0 saturated carbocycles. The first-order valence-electron chi connectivity index (χ1n) is 6.37. The van der Waals surface area contributed by atoms with Crippen molar-refractivity contribution >= 4 is 5.97 Å². The third-order valence-electron chi connectivity index (χ3n) is 3.00. The number of carbonyl (C=O) groups excluding carboxylic acids is 1. The molecule has 0 radical (unpaired) electrons. The van der Waals surface area contributed by atoms with E-state index in [1.807, 2.05) is 6.92 Å². The highest BCUT2D eigenvalue weighted by Gasteiger charge is 2.26. The second-order valence-electron chi connectivity index (χ2n) is 4.61. The van der Waals surface area contributed by atoms with Crippen LogP contribution in [0, 0.1) is 5.92 Å². The predicted octanol–water partition coefficient (Wildman–Crippen LogP) is -0.405. The summed E-state index contributed by atoms with van der Waals surface area (Å²) in [5, 5.41) is 37.4. The van der Waals surface area contributed by atoms with E-state index in [9.17, 15) is 20.1 Å². The summed E-state index contributed by atoms with van der Waals surface area (Å²) in [5.41, 5.74) is 0. The molecule has 0 saturated heterocycles. The van der Waals surface area contributed by atoms with Gasteiger partial charge in [0.25, 0.3) is 0 Å². The van der Waals surface area contributed by atoms with Gasteiger partial charge in [-0.2, -0.15) is 0 Å². The van der Waals surface area contributed by atoms with Crippen molar-refractivity contribution in [2.45, 2.75) is 51.6 Å². The SMILES string of the molecule is CCC(C)OC(=O)/C=C/C(O)C(O)C(C)C(O)CO. The zero-order valence-electron chi connectivity index (χ0n) is 11.6. The summed E-state index contributed by atoms with van der Waals surface area (Å²) >= 11 is 0. The Hall–Kier alpha value is -0.950. The fourth-order valence-electron chi connectivity index (χ4n) is 1.32. The van der Waals surface area contributed by atoms with Crippen LogP contribution in [-0.2, 0) is 9.53 Å². The number of hydrogen-bond acceptors (Lipinski definition) is 6. The molecule has 6 nitrogen and oxygen atoms in total. The number of aliphatic hydroxyl groups is 4. The van der Waals surface area contributed by atoms with Crippen molar-refractivity contribution in [1.29, 1.82) is 0 Å². The average Bonchev–Trinajstić information content (AvgIpc) is 2.41. The molecule has 0 fully saturated rings. The van der Waals surface area contributed by atoms with Crippen LogP contribution in [0.25, 0.3) is 0 Å². The third-order valence-corrected chi connectivity index (χ3v) is 3.00. The Kier molecular flexibility index (Phi) is 8.58. The first-order chi connectivity index (χ1) is 8.83. The summed E-state index contributed by atoms with van der Waals surface area (Å²) in [6.45, 7) is 4.60. The first kappa shape index (κ1) is 18.0. The molecule has 6 heteroatoms. The third kappa shape index (κ3) is 6.68. The van der Waals surface area contributed by atoms with Gasteiger partial charge in [-0.1, -0.05) is 13.8 Å².